The predicted octanol–water partition coefficient (Wildman–Crippen LogP) is 6.24. The van der Waals surface area contributed by atoms with Crippen molar-refractivity contribution >= 4 is 34.0 Å². The number of halogens is 1. The summed E-state index contributed by atoms with van der Waals surface area (Å²) in [6, 6.07) is 23.9. The highest BCUT2D eigenvalue weighted by Crippen LogP contribution is 2.32. The number of rotatable bonds is 5. The summed E-state index contributed by atoms with van der Waals surface area (Å²) in [5.41, 5.74) is 6.17. The molecule has 0 saturated carbocycles. The van der Waals surface area contributed by atoms with Crippen LogP contribution in [0.3, 0.4) is 0 Å². The fraction of sp³-hybridized carbons (Fsp3) is 0.148. The lowest BCUT2D eigenvalue weighted by atomic mass is 10.1. The van der Waals surface area contributed by atoms with Gasteiger partial charge in [-0.15, -0.1) is 0 Å². The molecule has 3 aromatic rings. The number of nitrogens with one attached hydrogen (secondary N) is 1. The van der Waals surface area contributed by atoms with Gasteiger partial charge in [-0.05, 0) is 68.4 Å². The molecule has 170 valence electrons. The number of para-hydroxylation sites is 2. The first-order chi connectivity index (χ1) is 16.5. The number of anilines is 2. The van der Waals surface area contributed by atoms with E-state index in [0.717, 1.165) is 44.8 Å². The first-order valence-corrected chi connectivity index (χ1v) is 11.4. The molecule has 0 atom stereocenters. The van der Waals surface area contributed by atoms with Gasteiger partial charge in [0.25, 0.3) is 0 Å². The molecule has 1 N–H and O–H groups in total. The minimum Gasteiger partial charge on any atom is -0.480 e. The van der Waals surface area contributed by atoms with Crippen molar-refractivity contribution in [3.05, 3.63) is 89.4 Å². The molecule has 2 aliphatic rings. The van der Waals surface area contributed by atoms with Gasteiger partial charge in [-0.1, -0.05) is 29.8 Å². The Labute approximate surface area is 202 Å². The Bertz CT molecular complexity index is 1530. The van der Waals surface area contributed by atoms with E-state index < -0.39 is 0 Å². The molecule has 0 radical (unpaired) electrons. The van der Waals surface area contributed by atoms with Gasteiger partial charge < -0.3 is 14.6 Å². The Kier molecular flexibility index (Phi) is 5.90. The van der Waals surface area contributed by atoms with Crippen LogP contribution in [0.2, 0.25) is 5.02 Å². The van der Waals surface area contributed by atoms with Crippen LogP contribution < -0.4 is 15.4 Å². The first kappa shape index (κ1) is 21.9. The van der Waals surface area contributed by atoms with Crippen molar-refractivity contribution in [2.24, 2.45) is 4.99 Å². The predicted molar refractivity (Wildman–Crippen MR) is 137 cm³/mol. The molecular formula is C27H24ClN5O. The number of aromatic nitrogens is 3. The van der Waals surface area contributed by atoms with E-state index in [2.05, 4.69) is 40.8 Å². The van der Waals surface area contributed by atoms with E-state index in [9.17, 15) is 0 Å². The SMILES string of the molecule is COc1ncccc1Nc1cc2nc3ccccc3n(-c3cccc(Cl)c3)c-2c/c1=N\C(C)C. The minimum absolute atomic E-state index is 0.0989. The maximum absolute atomic E-state index is 6.37. The third-order valence-corrected chi connectivity index (χ3v) is 5.63. The number of methoxy groups -OCH3 is 1. The van der Waals surface area contributed by atoms with Crippen molar-refractivity contribution < 1.29 is 4.74 Å². The third-order valence-electron chi connectivity index (χ3n) is 5.39. The monoisotopic (exact) mass is 469 g/mol. The lowest BCUT2D eigenvalue weighted by molar-refractivity contribution is 0.400. The number of nitrogens with zero attached hydrogens (tertiary/aromatic N) is 4. The van der Waals surface area contributed by atoms with Crippen molar-refractivity contribution in [1.82, 2.24) is 14.5 Å². The van der Waals surface area contributed by atoms with Crippen LogP contribution in [-0.2, 0) is 0 Å². The van der Waals surface area contributed by atoms with E-state index in [0.29, 0.717) is 10.9 Å². The Hall–Kier alpha value is -3.90. The highest BCUT2D eigenvalue weighted by Gasteiger charge is 2.17. The smallest absolute Gasteiger partial charge is 0.237 e. The maximum Gasteiger partial charge on any atom is 0.237 e. The van der Waals surface area contributed by atoms with Gasteiger partial charge >= 0.3 is 0 Å². The average Bonchev–Trinajstić information content (AvgIpc) is 2.83. The van der Waals surface area contributed by atoms with E-state index in [1.54, 1.807) is 13.3 Å². The highest BCUT2D eigenvalue weighted by atomic mass is 35.5. The Morgan fingerprint density at radius 3 is 2.62 bits per heavy atom. The number of pyridine rings is 1. The first-order valence-electron chi connectivity index (χ1n) is 11.0. The molecule has 0 fully saturated rings. The lowest BCUT2D eigenvalue weighted by Crippen LogP contribution is -2.16. The van der Waals surface area contributed by atoms with Crippen molar-refractivity contribution in [3.8, 4) is 23.0 Å². The Morgan fingerprint density at radius 2 is 1.82 bits per heavy atom. The molecule has 0 unspecified atom stereocenters. The molecule has 6 nitrogen and oxygen atoms in total. The van der Waals surface area contributed by atoms with Gasteiger partial charge in [0.05, 0.1) is 40.6 Å². The second-order valence-corrected chi connectivity index (χ2v) is 8.62. The van der Waals surface area contributed by atoms with Crippen LogP contribution in [0.15, 0.2) is 84.0 Å². The van der Waals surface area contributed by atoms with Crippen LogP contribution in [0.25, 0.3) is 28.1 Å². The summed E-state index contributed by atoms with van der Waals surface area (Å²) in [6.45, 7) is 4.12. The zero-order valence-corrected chi connectivity index (χ0v) is 19.9. The number of fused-ring (bicyclic) bond motifs is 2. The Balaban J connectivity index is 1.83. The summed E-state index contributed by atoms with van der Waals surface area (Å²) < 4.78 is 7.61. The summed E-state index contributed by atoms with van der Waals surface area (Å²) in [5, 5.41) is 4.95. The van der Waals surface area contributed by atoms with Crippen molar-refractivity contribution in [2.45, 2.75) is 19.9 Å². The summed E-state index contributed by atoms with van der Waals surface area (Å²) in [7, 11) is 1.61. The number of benzene rings is 3. The molecular weight excluding hydrogens is 446 g/mol. The average molecular weight is 470 g/mol. The van der Waals surface area contributed by atoms with E-state index in [-0.39, 0.29) is 6.04 Å². The molecule has 2 aromatic carbocycles. The number of hydrogen-bond acceptors (Lipinski definition) is 5. The Morgan fingerprint density at radius 1 is 0.971 bits per heavy atom. The molecule has 34 heavy (non-hydrogen) atoms. The summed E-state index contributed by atoms with van der Waals surface area (Å²) in [5.74, 6) is 0.513. The van der Waals surface area contributed by atoms with E-state index in [4.69, 9.17) is 26.3 Å². The fourth-order valence-electron chi connectivity index (χ4n) is 4.01. The molecule has 0 amide bonds. The molecule has 5 rings (SSSR count). The van der Waals surface area contributed by atoms with Crippen LogP contribution in [0.1, 0.15) is 13.8 Å². The van der Waals surface area contributed by atoms with Crippen LogP contribution in [0, 0.1) is 0 Å². The fourth-order valence-corrected chi connectivity index (χ4v) is 4.20. The quantitative estimate of drug-likeness (QED) is 0.309. The molecule has 0 spiro atoms. The largest absolute Gasteiger partial charge is 0.480 e. The van der Waals surface area contributed by atoms with Gasteiger partial charge in [-0.2, -0.15) is 0 Å². The van der Waals surface area contributed by atoms with Crippen LogP contribution in [-0.4, -0.2) is 27.7 Å². The second kappa shape index (κ2) is 9.15. The second-order valence-electron chi connectivity index (χ2n) is 8.18. The molecule has 0 bridgehead atoms. The van der Waals surface area contributed by atoms with E-state index >= 15 is 0 Å². The topological polar surface area (TPSA) is 64.3 Å². The van der Waals surface area contributed by atoms with Crippen LogP contribution in [0.4, 0.5) is 11.4 Å². The van der Waals surface area contributed by atoms with Crippen molar-refractivity contribution in [3.63, 3.8) is 0 Å². The van der Waals surface area contributed by atoms with E-state index in [1.165, 1.54) is 0 Å². The van der Waals surface area contributed by atoms with Gasteiger partial charge in [0.1, 0.15) is 5.69 Å². The maximum atomic E-state index is 6.37. The van der Waals surface area contributed by atoms with Gasteiger partial charge in [0.15, 0.2) is 0 Å². The van der Waals surface area contributed by atoms with Crippen molar-refractivity contribution in [1.29, 1.82) is 0 Å². The van der Waals surface area contributed by atoms with Crippen LogP contribution in [0.5, 0.6) is 5.88 Å². The van der Waals surface area contributed by atoms with Gasteiger partial charge in [-0.3, -0.25) is 4.99 Å². The zero-order valence-electron chi connectivity index (χ0n) is 19.2. The minimum atomic E-state index is 0.0989. The van der Waals surface area contributed by atoms with E-state index in [1.807, 2.05) is 60.7 Å². The summed E-state index contributed by atoms with van der Waals surface area (Å²) >= 11 is 6.37. The summed E-state index contributed by atoms with van der Waals surface area (Å²) in [4.78, 5) is 14.2. The zero-order chi connectivity index (χ0) is 23.7. The molecule has 1 aliphatic carbocycles. The van der Waals surface area contributed by atoms with Gasteiger partial charge in [0, 0.05) is 22.9 Å². The third kappa shape index (κ3) is 4.20. The molecule has 1 aliphatic heterocycles. The number of ether oxygens (including phenoxy) is 1. The molecule has 1 aromatic heterocycles. The molecule has 0 saturated heterocycles. The van der Waals surface area contributed by atoms with Crippen molar-refractivity contribution in [2.75, 3.05) is 12.4 Å². The van der Waals surface area contributed by atoms with Gasteiger partial charge in [-0.25, -0.2) is 9.97 Å². The summed E-state index contributed by atoms with van der Waals surface area (Å²) in [6.07, 6.45) is 1.70. The van der Waals surface area contributed by atoms with Gasteiger partial charge in [0.2, 0.25) is 5.88 Å². The molecule has 2 heterocycles. The standard InChI is InChI=1S/C27H24ClN5O/c1-17(2)30-23-16-26-24(15-22(23)32-21-11-7-13-29-27(21)34-3)31-20-10-4-5-12-25(20)33(26)19-9-6-8-18(28)14-19/h4-17,32H,1-3H3/b30-23+. The van der Waals surface area contributed by atoms with Crippen LogP contribution >= 0.6 is 11.6 Å². The highest BCUT2D eigenvalue weighted by molar-refractivity contribution is 6.30. The number of hydrogen-bond donors (Lipinski definition) is 1. The molecule has 7 heteroatoms. The lowest BCUT2D eigenvalue weighted by Gasteiger charge is -2.20. The normalized spacial score (nSPS) is 12.0.